The number of amides is 1. The van der Waals surface area contributed by atoms with Crippen molar-refractivity contribution in [2.24, 2.45) is 5.92 Å². The second kappa shape index (κ2) is 11.5. The maximum absolute atomic E-state index is 12.9. The second-order valence-electron chi connectivity index (χ2n) is 9.07. The van der Waals surface area contributed by atoms with Gasteiger partial charge >= 0.3 is 0 Å². The molecular weight excluding hydrogens is 441 g/mol. The van der Waals surface area contributed by atoms with E-state index in [1.807, 2.05) is 18.2 Å². The summed E-state index contributed by atoms with van der Waals surface area (Å²) in [6.45, 7) is 6.44. The molecule has 0 aromatic heterocycles. The molecular formula is C26H33Cl2N3O. The Morgan fingerprint density at radius 1 is 0.812 bits per heavy atom. The fourth-order valence-corrected chi connectivity index (χ4v) is 5.35. The monoisotopic (exact) mass is 473 g/mol. The Bertz CT molecular complexity index is 885. The Balaban J connectivity index is 1.26. The smallest absolute Gasteiger partial charge is 0.223 e. The SMILES string of the molecule is O=C(NCc1ccccc1CN1CCCCC1)C1CCN(Cc2c(Cl)cccc2Cl)CC1. The number of rotatable bonds is 7. The summed E-state index contributed by atoms with van der Waals surface area (Å²) < 4.78 is 0. The molecule has 4 nitrogen and oxygen atoms in total. The molecule has 2 aliphatic heterocycles. The first-order valence-electron chi connectivity index (χ1n) is 11.8. The van der Waals surface area contributed by atoms with Crippen LogP contribution in [0, 0.1) is 5.92 Å². The molecule has 0 atom stereocenters. The lowest BCUT2D eigenvalue weighted by Gasteiger charge is -2.31. The molecule has 2 aromatic carbocycles. The summed E-state index contributed by atoms with van der Waals surface area (Å²) in [5, 5.41) is 4.63. The van der Waals surface area contributed by atoms with Crippen LogP contribution in [0.1, 0.15) is 48.8 Å². The van der Waals surface area contributed by atoms with Gasteiger partial charge in [0.2, 0.25) is 5.91 Å². The van der Waals surface area contributed by atoms with E-state index in [4.69, 9.17) is 23.2 Å². The van der Waals surface area contributed by atoms with Crippen LogP contribution in [-0.2, 0) is 24.4 Å². The van der Waals surface area contributed by atoms with Crippen molar-refractivity contribution in [2.45, 2.75) is 51.7 Å². The average molecular weight is 474 g/mol. The van der Waals surface area contributed by atoms with E-state index in [0.29, 0.717) is 16.6 Å². The molecule has 0 saturated carbocycles. The number of halogens is 2. The molecule has 0 bridgehead atoms. The van der Waals surface area contributed by atoms with Gasteiger partial charge in [0.25, 0.3) is 0 Å². The number of nitrogens with one attached hydrogen (secondary N) is 1. The van der Waals surface area contributed by atoms with Crippen molar-refractivity contribution in [2.75, 3.05) is 26.2 Å². The molecule has 1 N–H and O–H groups in total. The number of carbonyl (C=O) groups is 1. The molecule has 2 aromatic rings. The predicted octanol–water partition coefficient (Wildman–Crippen LogP) is 5.51. The highest BCUT2D eigenvalue weighted by atomic mass is 35.5. The molecule has 2 saturated heterocycles. The van der Waals surface area contributed by atoms with Crippen molar-refractivity contribution in [3.63, 3.8) is 0 Å². The third-order valence-corrected chi connectivity index (χ3v) is 7.52. The number of hydrogen-bond donors (Lipinski definition) is 1. The fraction of sp³-hybridized carbons (Fsp3) is 0.500. The van der Waals surface area contributed by atoms with Crippen molar-refractivity contribution in [1.29, 1.82) is 0 Å². The molecule has 0 spiro atoms. The van der Waals surface area contributed by atoms with Crippen LogP contribution in [0.2, 0.25) is 10.0 Å². The van der Waals surface area contributed by atoms with Gasteiger partial charge in [0.1, 0.15) is 0 Å². The zero-order chi connectivity index (χ0) is 22.3. The third-order valence-electron chi connectivity index (χ3n) is 6.82. The molecule has 1 amide bonds. The molecule has 2 fully saturated rings. The van der Waals surface area contributed by atoms with Gasteiger partial charge in [-0.3, -0.25) is 14.6 Å². The lowest BCUT2D eigenvalue weighted by Crippen LogP contribution is -2.40. The van der Waals surface area contributed by atoms with Crippen molar-refractivity contribution >= 4 is 29.1 Å². The largest absolute Gasteiger partial charge is 0.352 e. The highest BCUT2D eigenvalue weighted by Gasteiger charge is 2.25. The maximum Gasteiger partial charge on any atom is 0.223 e. The van der Waals surface area contributed by atoms with E-state index in [0.717, 1.165) is 44.6 Å². The maximum atomic E-state index is 12.9. The first kappa shape index (κ1) is 23.6. The van der Waals surface area contributed by atoms with Crippen LogP contribution in [0.4, 0.5) is 0 Å². The molecule has 0 unspecified atom stereocenters. The summed E-state index contributed by atoms with van der Waals surface area (Å²) in [5.74, 6) is 0.246. The van der Waals surface area contributed by atoms with E-state index >= 15 is 0 Å². The van der Waals surface area contributed by atoms with E-state index in [1.165, 1.54) is 43.5 Å². The van der Waals surface area contributed by atoms with E-state index < -0.39 is 0 Å². The third kappa shape index (κ3) is 6.26. The number of likely N-dealkylation sites (tertiary alicyclic amines) is 2. The summed E-state index contributed by atoms with van der Waals surface area (Å²) in [5.41, 5.74) is 3.54. The normalized spacial score (nSPS) is 18.6. The standard InChI is InChI=1S/C26H33Cl2N3O/c27-24-9-6-10-25(28)23(24)19-31-15-11-20(12-16-31)26(32)29-17-21-7-2-3-8-22(21)18-30-13-4-1-5-14-30/h2-3,6-10,20H,1,4-5,11-19H2,(H,29,32). The first-order chi connectivity index (χ1) is 15.6. The highest BCUT2D eigenvalue weighted by Crippen LogP contribution is 2.28. The van der Waals surface area contributed by atoms with Gasteiger partial charge in [-0.25, -0.2) is 0 Å². The minimum atomic E-state index is 0.0715. The number of hydrogen-bond acceptors (Lipinski definition) is 3. The highest BCUT2D eigenvalue weighted by molar-refractivity contribution is 6.35. The predicted molar refractivity (Wildman–Crippen MR) is 132 cm³/mol. The van der Waals surface area contributed by atoms with E-state index in [-0.39, 0.29) is 11.8 Å². The molecule has 6 heteroatoms. The van der Waals surface area contributed by atoms with Crippen molar-refractivity contribution < 1.29 is 4.79 Å². The molecule has 2 heterocycles. The molecule has 0 aliphatic carbocycles. The van der Waals surface area contributed by atoms with Gasteiger partial charge in [-0.2, -0.15) is 0 Å². The first-order valence-corrected chi connectivity index (χ1v) is 12.6. The van der Waals surface area contributed by atoms with E-state index in [1.54, 1.807) is 0 Å². The second-order valence-corrected chi connectivity index (χ2v) is 9.89. The van der Waals surface area contributed by atoms with Crippen molar-refractivity contribution in [3.05, 3.63) is 69.2 Å². The van der Waals surface area contributed by atoms with Gasteiger partial charge in [0, 0.05) is 41.2 Å². The number of nitrogens with zero attached hydrogens (tertiary/aromatic N) is 2. The summed E-state index contributed by atoms with van der Waals surface area (Å²) in [4.78, 5) is 17.7. The number of benzene rings is 2. The van der Waals surface area contributed by atoms with Gasteiger partial charge in [-0.1, -0.05) is 60.0 Å². The van der Waals surface area contributed by atoms with Gasteiger partial charge in [-0.05, 0) is 75.1 Å². The van der Waals surface area contributed by atoms with Crippen molar-refractivity contribution in [1.82, 2.24) is 15.1 Å². The van der Waals surface area contributed by atoms with Crippen molar-refractivity contribution in [3.8, 4) is 0 Å². The van der Waals surface area contributed by atoms with Crippen LogP contribution < -0.4 is 5.32 Å². The summed E-state index contributed by atoms with van der Waals surface area (Å²) in [6.07, 6.45) is 5.66. The van der Waals surface area contributed by atoms with Gasteiger partial charge in [0.15, 0.2) is 0 Å². The Hall–Kier alpha value is -1.59. The minimum Gasteiger partial charge on any atom is -0.352 e. The molecule has 2 aliphatic rings. The lowest BCUT2D eigenvalue weighted by molar-refractivity contribution is -0.126. The lowest BCUT2D eigenvalue weighted by atomic mass is 9.95. The van der Waals surface area contributed by atoms with Crippen LogP contribution >= 0.6 is 23.2 Å². The van der Waals surface area contributed by atoms with Crippen LogP contribution in [-0.4, -0.2) is 41.9 Å². The summed E-state index contributed by atoms with van der Waals surface area (Å²) in [7, 11) is 0. The molecule has 32 heavy (non-hydrogen) atoms. The topological polar surface area (TPSA) is 35.6 Å². The van der Waals surface area contributed by atoms with E-state index in [2.05, 4.69) is 39.4 Å². The minimum absolute atomic E-state index is 0.0715. The molecule has 4 rings (SSSR count). The van der Waals surface area contributed by atoms with Crippen LogP contribution in [0.5, 0.6) is 0 Å². The van der Waals surface area contributed by atoms with Crippen LogP contribution in [0.3, 0.4) is 0 Å². The van der Waals surface area contributed by atoms with Crippen LogP contribution in [0.15, 0.2) is 42.5 Å². The fourth-order valence-electron chi connectivity index (χ4n) is 4.83. The zero-order valence-electron chi connectivity index (χ0n) is 18.7. The molecule has 172 valence electrons. The number of piperidine rings is 2. The quantitative estimate of drug-likeness (QED) is 0.575. The zero-order valence-corrected chi connectivity index (χ0v) is 20.2. The Labute approximate surface area is 201 Å². The van der Waals surface area contributed by atoms with E-state index in [9.17, 15) is 4.79 Å². The summed E-state index contributed by atoms with van der Waals surface area (Å²) in [6, 6.07) is 14.2. The Morgan fingerprint density at radius 2 is 1.44 bits per heavy atom. The number of carbonyl (C=O) groups excluding carboxylic acids is 1. The Kier molecular flexibility index (Phi) is 8.48. The van der Waals surface area contributed by atoms with Gasteiger partial charge in [0.05, 0.1) is 0 Å². The van der Waals surface area contributed by atoms with Gasteiger partial charge < -0.3 is 5.32 Å². The van der Waals surface area contributed by atoms with Crippen LogP contribution in [0.25, 0.3) is 0 Å². The van der Waals surface area contributed by atoms with Gasteiger partial charge in [-0.15, -0.1) is 0 Å². The summed E-state index contributed by atoms with van der Waals surface area (Å²) >= 11 is 12.6. The Morgan fingerprint density at radius 3 is 2.12 bits per heavy atom. The molecule has 0 radical (unpaired) electrons. The average Bonchev–Trinajstić information content (AvgIpc) is 2.82.